The maximum atomic E-state index is 11.9. The summed E-state index contributed by atoms with van der Waals surface area (Å²) in [5.41, 5.74) is 3.17. The highest BCUT2D eigenvalue weighted by atomic mass is 32.1. The number of amides is 1. The van der Waals surface area contributed by atoms with Crippen molar-refractivity contribution < 1.29 is 24.0 Å². The first-order valence-electron chi connectivity index (χ1n) is 7.60. The second-order valence-electron chi connectivity index (χ2n) is 5.40. The number of aliphatic carboxylic acids is 1. The molecule has 2 aromatic rings. The highest BCUT2D eigenvalue weighted by molar-refractivity contribution is 7.14. The Labute approximate surface area is 152 Å². The minimum absolute atomic E-state index is 0.163. The zero-order valence-corrected chi connectivity index (χ0v) is 14.8. The van der Waals surface area contributed by atoms with Crippen LogP contribution in [0.5, 0.6) is 0 Å². The van der Waals surface area contributed by atoms with E-state index in [9.17, 15) is 14.7 Å². The maximum Gasteiger partial charge on any atom is 0.358 e. The second-order valence-corrected chi connectivity index (χ2v) is 6.29. The van der Waals surface area contributed by atoms with Crippen molar-refractivity contribution in [3.05, 3.63) is 41.2 Å². The van der Waals surface area contributed by atoms with Gasteiger partial charge in [-0.15, -0.1) is 11.3 Å². The van der Waals surface area contributed by atoms with Gasteiger partial charge in [-0.2, -0.15) is 0 Å². The van der Waals surface area contributed by atoms with Crippen LogP contribution in [0.3, 0.4) is 0 Å². The Balaban J connectivity index is 1.84. The van der Waals surface area contributed by atoms with Crippen molar-refractivity contribution in [1.82, 2.24) is 10.4 Å². The molecule has 2 aromatic heterocycles. The van der Waals surface area contributed by atoms with Crippen LogP contribution in [0.15, 0.2) is 44.4 Å². The smallest absolute Gasteiger partial charge is 0.358 e. The SMILES string of the molecule is CO/N=C(\C(=O)O)c1csc(/N=C2/CC(c3ccco3)N(C(C)=O)N2)c1. The van der Waals surface area contributed by atoms with Crippen LogP contribution in [0.25, 0.3) is 0 Å². The molecule has 0 radical (unpaired) electrons. The van der Waals surface area contributed by atoms with E-state index in [1.807, 2.05) is 0 Å². The van der Waals surface area contributed by atoms with Gasteiger partial charge in [0.15, 0.2) is 5.71 Å². The highest BCUT2D eigenvalue weighted by Crippen LogP contribution is 2.31. The van der Waals surface area contributed by atoms with Crippen molar-refractivity contribution in [1.29, 1.82) is 0 Å². The zero-order valence-electron chi connectivity index (χ0n) is 14.0. The Morgan fingerprint density at radius 2 is 2.31 bits per heavy atom. The quantitative estimate of drug-likeness (QED) is 0.611. The topological polar surface area (TPSA) is 117 Å². The summed E-state index contributed by atoms with van der Waals surface area (Å²) in [6.07, 6.45) is 2.01. The highest BCUT2D eigenvalue weighted by Gasteiger charge is 2.34. The molecule has 0 saturated carbocycles. The van der Waals surface area contributed by atoms with Gasteiger partial charge in [0.25, 0.3) is 0 Å². The lowest BCUT2D eigenvalue weighted by Crippen LogP contribution is -2.38. The van der Waals surface area contributed by atoms with E-state index in [4.69, 9.17) is 4.42 Å². The molecule has 1 aliphatic rings. The van der Waals surface area contributed by atoms with Crippen molar-refractivity contribution in [3.8, 4) is 0 Å². The van der Waals surface area contributed by atoms with Gasteiger partial charge in [-0.25, -0.2) is 14.8 Å². The Morgan fingerprint density at radius 1 is 1.50 bits per heavy atom. The molecular formula is C16H16N4O5S. The van der Waals surface area contributed by atoms with Gasteiger partial charge in [0.05, 0.1) is 6.26 Å². The monoisotopic (exact) mass is 376 g/mol. The Kier molecular flexibility index (Phi) is 5.03. The van der Waals surface area contributed by atoms with Crippen LogP contribution >= 0.6 is 11.3 Å². The third kappa shape index (κ3) is 3.59. The van der Waals surface area contributed by atoms with Gasteiger partial charge in [0, 0.05) is 24.3 Å². The first kappa shape index (κ1) is 17.7. The van der Waals surface area contributed by atoms with Gasteiger partial charge in [0.1, 0.15) is 29.7 Å². The van der Waals surface area contributed by atoms with Crippen molar-refractivity contribution >= 4 is 39.8 Å². The van der Waals surface area contributed by atoms with Crippen LogP contribution in [0, 0.1) is 0 Å². The molecule has 0 spiro atoms. The minimum atomic E-state index is -1.19. The Hall–Kier alpha value is -3.14. The lowest BCUT2D eigenvalue weighted by Gasteiger charge is -2.20. The molecule has 1 aliphatic heterocycles. The average molecular weight is 376 g/mol. The van der Waals surface area contributed by atoms with Crippen LogP contribution in [0.2, 0.25) is 0 Å². The largest absolute Gasteiger partial charge is 0.476 e. The van der Waals surface area contributed by atoms with Gasteiger partial charge in [0.2, 0.25) is 5.91 Å². The molecule has 3 rings (SSSR count). The van der Waals surface area contributed by atoms with Crippen LogP contribution < -0.4 is 5.43 Å². The molecule has 136 valence electrons. The van der Waals surface area contributed by atoms with E-state index >= 15 is 0 Å². The number of carboxylic acids is 1. The van der Waals surface area contributed by atoms with E-state index in [-0.39, 0.29) is 17.7 Å². The van der Waals surface area contributed by atoms with Crippen molar-refractivity contribution in [2.24, 2.45) is 10.1 Å². The van der Waals surface area contributed by atoms with Crippen LogP contribution in [0.4, 0.5) is 5.00 Å². The fourth-order valence-corrected chi connectivity index (χ4v) is 3.35. The Morgan fingerprint density at radius 3 is 2.92 bits per heavy atom. The molecule has 0 aliphatic carbocycles. The first-order valence-corrected chi connectivity index (χ1v) is 8.48. The average Bonchev–Trinajstić information content (AvgIpc) is 3.32. The van der Waals surface area contributed by atoms with E-state index in [1.165, 1.54) is 30.4 Å². The van der Waals surface area contributed by atoms with Gasteiger partial charge >= 0.3 is 5.97 Å². The van der Waals surface area contributed by atoms with E-state index < -0.39 is 5.97 Å². The number of hydrogen-bond donors (Lipinski definition) is 2. The number of hydrazine groups is 1. The number of carbonyl (C=O) groups excluding carboxylic acids is 1. The van der Waals surface area contributed by atoms with Crippen molar-refractivity contribution in [2.45, 2.75) is 19.4 Å². The molecule has 1 unspecified atom stereocenters. The number of nitrogens with zero attached hydrogens (tertiary/aromatic N) is 3. The summed E-state index contributed by atoms with van der Waals surface area (Å²) in [5.74, 6) is -0.118. The summed E-state index contributed by atoms with van der Waals surface area (Å²) in [7, 11) is 1.28. The van der Waals surface area contributed by atoms with Gasteiger partial charge in [-0.05, 0) is 18.2 Å². The summed E-state index contributed by atoms with van der Waals surface area (Å²) >= 11 is 1.26. The number of oxime groups is 1. The fourth-order valence-electron chi connectivity index (χ4n) is 2.56. The summed E-state index contributed by atoms with van der Waals surface area (Å²) in [6, 6.07) is 4.88. The number of hydrogen-bond acceptors (Lipinski definition) is 7. The second kappa shape index (κ2) is 7.40. The molecular weight excluding hydrogens is 360 g/mol. The third-order valence-corrected chi connectivity index (χ3v) is 4.47. The third-order valence-electron chi connectivity index (χ3n) is 3.65. The van der Waals surface area contributed by atoms with Gasteiger partial charge < -0.3 is 14.4 Å². The Bertz CT molecular complexity index is 871. The number of aliphatic imine (C=N–C) groups is 1. The number of furan rings is 1. The van der Waals surface area contributed by atoms with E-state index in [1.54, 1.807) is 29.8 Å². The van der Waals surface area contributed by atoms with E-state index in [2.05, 4.69) is 20.4 Å². The van der Waals surface area contributed by atoms with Crippen LogP contribution in [-0.2, 0) is 14.4 Å². The van der Waals surface area contributed by atoms with E-state index in [0.717, 1.165) is 0 Å². The number of carbonyl (C=O) groups is 2. The lowest BCUT2D eigenvalue weighted by molar-refractivity contribution is -0.132. The first-order chi connectivity index (χ1) is 12.5. The zero-order chi connectivity index (χ0) is 18.7. The molecule has 26 heavy (non-hydrogen) atoms. The van der Waals surface area contributed by atoms with Crippen LogP contribution in [0.1, 0.15) is 30.7 Å². The number of nitrogens with one attached hydrogen (secondary N) is 1. The van der Waals surface area contributed by atoms with Gasteiger partial charge in [-0.3, -0.25) is 10.2 Å². The maximum absolute atomic E-state index is 11.9. The predicted molar refractivity (Wildman–Crippen MR) is 94.3 cm³/mol. The molecule has 3 heterocycles. The molecule has 1 fully saturated rings. The summed E-state index contributed by atoms with van der Waals surface area (Å²) in [5, 5.41) is 16.4. The normalized spacial score (nSPS) is 18.8. The molecule has 1 amide bonds. The molecule has 0 bridgehead atoms. The van der Waals surface area contributed by atoms with Gasteiger partial charge in [-0.1, -0.05) is 5.16 Å². The fraction of sp³-hybridized carbons (Fsp3) is 0.250. The van der Waals surface area contributed by atoms with Crippen LogP contribution in [-0.4, -0.2) is 40.6 Å². The molecule has 9 nitrogen and oxygen atoms in total. The number of carboxylic acid groups (broad SMARTS) is 1. The van der Waals surface area contributed by atoms with E-state index in [0.29, 0.717) is 28.6 Å². The number of amidine groups is 1. The van der Waals surface area contributed by atoms with Crippen molar-refractivity contribution in [3.63, 3.8) is 0 Å². The molecule has 1 saturated heterocycles. The van der Waals surface area contributed by atoms with Crippen molar-refractivity contribution in [2.75, 3.05) is 7.11 Å². The minimum Gasteiger partial charge on any atom is -0.476 e. The molecule has 10 heteroatoms. The number of rotatable bonds is 5. The standard InChI is InChI=1S/C16H16N4O5S/c1-9(21)20-11(12-4-3-5-25-12)7-13(18-20)17-14-6-10(8-26-14)15(16(22)23)19-24-2/h3-6,8,11H,7H2,1-2H3,(H,17,18)(H,22,23)/b19-15-. The molecule has 2 N–H and O–H groups in total. The predicted octanol–water partition coefficient (Wildman–Crippen LogP) is 2.30. The summed E-state index contributed by atoms with van der Waals surface area (Å²) in [6.45, 7) is 1.45. The summed E-state index contributed by atoms with van der Waals surface area (Å²) < 4.78 is 5.40. The summed E-state index contributed by atoms with van der Waals surface area (Å²) in [4.78, 5) is 32.1. The molecule has 0 aromatic carbocycles. The molecule has 1 atom stereocenters. The number of thiophene rings is 1. The lowest BCUT2D eigenvalue weighted by atomic mass is 10.1.